The number of hydrogen-bond acceptors (Lipinski definition) is 10. The number of aromatic nitrogens is 10. The molecule has 0 saturated carbocycles. The second-order valence-corrected chi connectivity index (χ2v) is 15.3. The van der Waals surface area contributed by atoms with Gasteiger partial charge in [-0.25, -0.2) is 49.8 Å². The largest absolute Gasteiger partial charge is 0.236 e. The van der Waals surface area contributed by atoms with Crippen LogP contribution in [0.25, 0.3) is 68.1 Å². The number of nitrogens with zero attached hydrogens (tertiary/aromatic N) is 10. The molecule has 0 N–H and O–H groups in total. The van der Waals surface area contributed by atoms with Gasteiger partial charge in [-0.05, 0) is 49.5 Å². The highest BCUT2D eigenvalue weighted by Gasteiger charge is 2.23. The van der Waals surface area contributed by atoms with Gasteiger partial charge >= 0.3 is 0 Å². The first-order valence-electron chi connectivity index (χ1n) is 21.8. The number of aryl methyl sites for hydroxylation is 3. The standard InChI is InChI=1S/C50H56N10/c1-8-32(9-2)25-44-39(30-51-46(59-44)35-23-19-16-20-24-35)50-55-31-40(45(60-50)26-33(10-3)11-4)49-54-29-38(43(14-7)58-49)48-53-28-37(42(13-6)57-48)47-52-27-36(41(12-5)56-47)34-21-17-15-18-22-34/h15-24,27-33H,8-14,25-26H2,1-7H3. The zero-order valence-electron chi connectivity index (χ0n) is 36.2. The molecular formula is C50H56N10. The van der Waals surface area contributed by atoms with Gasteiger partial charge in [0.1, 0.15) is 0 Å². The topological polar surface area (TPSA) is 129 Å². The van der Waals surface area contributed by atoms with Crippen molar-refractivity contribution in [3.63, 3.8) is 0 Å². The minimum Gasteiger partial charge on any atom is -0.236 e. The SMILES string of the molecule is CCc1nc(-c2cnc(-c3cnc(-c4cnc(-c5cnc(-c6ccccc6)nc5CC(CC)CC)nc4CC(CC)CC)nc3CC)nc2CC)ncc1-c1ccccc1. The Morgan fingerprint density at radius 2 is 0.633 bits per heavy atom. The Hall–Kier alpha value is -6.16. The van der Waals surface area contributed by atoms with Gasteiger partial charge in [-0.2, -0.15) is 0 Å². The molecule has 0 saturated heterocycles. The van der Waals surface area contributed by atoms with Crippen molar-refractivity contribution in [1.29, 1.82) is 0 Å². The van der Waals surface area contributed by atoms with Crippen LogP contribution in [0, 0.1) is 11.8 Å². The summed E-state index contributed by atoms with van der Waals surface area (Å²) < 4.78 is 0. The van der Waals surface area contributed by atoms with E-state index in [4.69, 9.17) is 49.8 Å². The van der Waals surface area contributed by atoms with Gasteiger partial charge in [-0.15, -0.1) is 0 Å². The van der Waals surface area contributed by atoms with Crippen molar-refractivity contribution in [2.24, 2.45) is 11.8 Å². The second-order valence-electron chi connectivity index (χ2n) is 15.3. The van der Waals surface area contributed by atoms with E-state index in [9.17, 15) is 0 Å². The molecule has 0 unspecified atom stereocenters. The van der Waals surface area contributed by atoms with Crippen LogP contribution in [0.2, 0.25) is 0 Å². The summed E-state index contributed by atoms with van der Waals surface area (Å²) in [6.45, 7) is 15.3. The van der Waals surface area contributed by atoms with Crippen molar-refractivity contribution in [2.45, 2.75) is 106 Å². The molecule has 0 spiro atoms. The fraction of sp³-hybridized carbons (Fsp3) is 0.360. The lowest BCUT2D eigenvalue weighted by Gasteiger charge is -2.18. The monoisotopic (exact) mass is 796 g/mol. The Morgan fingerprint density at radius 3 is 1.02 bits per heavy atom. The molecule has 5 heterocycles. The van der Waals surface area contributed by atoms with E-state index in [1.165, 1.54) is 0 Å². The highest BCUT2D eigenvalue weighted by molar-refractivity contribution is 5.70. The van der Waals surface area contributed by atoms with E-state index in [0.717, 1.165) is 118 Å². The molecule has 7 rings (SSSR count). The van der Waals surface area contributed by atoms with Crippen LogP contribution < -0.4 is 0 Å². The molecule has 0 bridgehead atoms. The van der Waals surface area contributed by atoms with Crippen molar-refractivity contribution < 1.29 is 0 Å². The van der Waals surface area contributed by atoms with Gasteiger partial charge in [0.2, 0.25) is 0 Å². The summed E-state index contributed by atoms with van der Waals surface area (Å²) in [6, 6.07) is 20.4. The first kappa shape index (κ1) is 42.0. The van der Waals surface area contributed by atoms with E-state index in [0.29, 0.717) is 48.0 Å². The molecule has 0 atom stereocenters. The Balaban J connectivity index is 1.25. The zero-order chi connectivity index (χ0) is 42.0. The van der Waals surface area contributed by atoms with E-state index in [1.54, 1.807) is 0 Å². The molecule has 306 valence electrons. The second kappa shape index (κ2) is 19.7. The lowest BCUT2D eigenvalue weighted by Crippen LogP contribution is -2.11. The Labute approximate surface area is 355 Å². The molecule has 0 aliphatic carbocycles. The molecule has 2 aromatic carbocycles. The average Bonchev–Trinajstić information content (AvgIpc) is 3.32. The summed E-state index contributed by atoms with van der Waals surface area (Å²) in [5.41, 5.74) is 11.1. The van der Waals surface area contributed by atoms with Crippen molar-refractivity contribution in [3.8, 4) is 68.1 Å². The van der Waals surface area contributed by atoms with Crippen LogP contribution in [-0.4, -0.2) is 49.8 Å². The maximum atomic E-state index is 5.30. The van der Waals surface area contributed by atoms with Crippen LogP contribution in [0.5, 0.6) is 0 Å². The molecule has 5 aromatic heterocycles. The van der Waals surface area contributed by atoms with E-state index in [-0.39, 0.29) is 0 Å². The molecule has 0 amide bonds. The van der Waals surface area contributed by atoms with Crippen molar-refractivity contribution >= 4 is 0 Å². The normalized spacial score (nSPS) is 11.5. The van der Waals surface area contributed by atoms with Gasteiger partial charge in [0, 0.05) is 42.1 Å². The van der Waals surface area contributed by atoms with Crippen molar-refractivity contribution in [1.82, 2.24) is 49.8 Å². The molecule has 10 nitrogen and oxygen atoms in total. The summed E-state index contributed by atoms with van der Waals surface area (Å²) in [7, 11) is 0. The highest BCUT2D eigenvalue weighted by Crippen LogP contribution is 2.32. The van der Waals surface area contributed by atoms with Gasteiger partial charge in [0.05, 0.1) is 50.7 Å². The van der Waals surface area contributed by atoms with Crippen LogP contribution in [0.4, 0.5) is 0 Å². The fourth-order valence-electron chi connectivity index (χ4n) is 7.76. The Kier molecular flexibility index (Phi) is 13.8. The summed E-state index contributed by atoms with van der Waals surface area (Å²) in [4.78, 5) is 50.1. The smallest absolute Gasteiger partial charge is 0.162 e. The zero-order valence-corrected chi connectivity index (χ0v) is 36.2. The molecule has 0 aliphatic rings. The molecule has 0 fully saturated rings. The van der Waals surface area contributed by atoms with Crippen LogP contribution in [-0.2, 0) is 32.1 Å². The summed E-state index contributed by atoms with van der Waals surface area (Å²) >= 11 is 0. The van der Waals surface area contributed by atoms with Gasteiger partial charge < -0.3 is 0 Å². The lowest BCUT2D eigenvalue weighted by molar-refractivity contribution is 0.484. The third kappa shape index (κ3) is 9.18. The molecule has 0 radical (unpaired) electrons. The number of hydrogen-bond donors (Lipinski definition) is 0. The summed E-state index contributed by atoms with van der Waals surface area (Å²) in [5, 5.41) is 0. The van der Waals surface area contributed by atoms with Gasteiger partial charge in [-0.3, -0.25) is 0 Å². The highest BCUT2D eigenvalue weighted by atomic mass is 15.0. The third-order valence-corrected chi connectivity index (χ3v) is 11.7. The quantitative estimate of drug-likeness (QED) is 0.0878. The minimum absolute atomic E-state index is 0.448. The summed E-state index contributed by atoms with van der Waals surface area (Å²) in [5.74, 6) is 4.11. The minimum atomic E-state index is 0.448. The predicted octanol–water partition coefficient (Wildman–Crippen LogP) is 11.3. The van der Waals surface area contributed by atoms with E-state index >= 15 is 0 Å². The summed E-state index contributed by atoms with van der Waals surface area (Å²) in [6.07, 6.45) is 17.4. The molecule has 7 aromatic rings. The van der Waals surface area contributed by atoms with Gasteiger partial charge in [0.25, 0.3) is 0 Å². The van der Waals surface area contributed by atoms with E-state index < -0.39 is 0 Å². The van der Waals surface area contributed by atoms with Gasteiger partial charge in [0.15, 0.2) is 29.1 Å². The predicted molar refractivity (Wildman–Crippen MR) is 241 cm³/mol. The number of rotatable bonds is 17. The molecule has 10 heteroatoms. The van der Waals surface area contributed by atoms with Gasteiger partial charge in [-0.1, -0.05) is 135 Å². The first-order chi connectivity index (χ1) is 29.4. The Bertz CT molecular complexity index is 2510. The molecule has 0 aliphatic heterocycles. The van der Waals surface area contributed by atoms with E-state index in [2.05, 4.69) is 72.7 Å². The first-order valence-corrected chi connectivity index (χ1v) is 21.8. The van der Waals surface area contributed by atoms with Crippen molar-refractivity contribution in [3.05, 3.63) is 120 Å². The number of benzene rings is 2. The molecule has 60 heavy (non-hydrogen) atoms. The maximum absolute atomic E-state index is 5.30. The Morgan fingerprint density at radius 1 is 0.333 bits per heavy atom. The third-order valence-electron chi connectivity index (χ3n) is 11.7. The van der Waals surface area contributed by atoms with Crippen molar-refractivity contribution in [2.75, 3.05) is 0 Å². The average molecular weight is 797 g/mol. The maximum Gasteiger partial charge on any atom is 0.162 e. The van der Waals surface area contributed by atoms with Crippen LogP contribution in [0.15, 0.2) is 91.6 Å². The molecular weight excluding hydrogens is 741 g/mol. The lowest BCUT2D eigenvalue weighted by atomic mass is 9.94. The van der Waals surface area contributed by atoms with E-state index in [1.807, 2.05) is 67.4 Å². The van der Waals surface area contributed by atoms with Crippen LogP contribution in [0.3, 0.4) is 0 Å². The fourth-order valence-corrected chi connectivity index (χ4v) is 7.76. The van der Waals surface area contributed by atoms with Crippen LogP contribution >= 0.6 is 0 Å². The van der Waals surface area contributed by atoms with Crippen LogP contribution in [0.1, 0.15) is 103 Å².